The van der Waals surface area contributed by atoms with E-state index in [-0.39, 0.29) is 12.0 Å². The van der Waals surface area contributed by atoms with E-state index in [0.717, 1.165) is 43.2 Å². The van der Waals surface area contributed by atoms with Gasteiger partial charge in [-0.1, -0.05) is 25.1 Å². The number of ether oxygens (including phenoxy) is 1. The summed E-state index contributed by atoms with van der Waals surface area (Å²) < 4.78 is 13.2. The van der Waals surface area contributed by atoms with Crippen molar-refractivity contribution in [2.75, 3.05) is 13.2 Å². The second-order valence-electron chi connectivity index (χ2n) is 7.13. The van der Waals surface area contributed by atoms with Gasteiger partial charge in [-0.2, -0.15) is 4.98 Å². The van der Waals surface area contributed by atoms with Crippen LogP contribution in [0.15, 0.2) is 35.1 Å². The molecule has 4 rings (SSSR count). The monoisotopic (exact) mass is 355 g/mol. The third-order valence-corrected chi connectivity index (χ3v) is 4.99. The molecule has 1 fully saturated rings. The standard InChI is InChI=1S/C19H25N5O2/c1-13(2)18-22-19(26-23-18)17(14-6-10-25-11-7-14)21-12-15-4-3-5-16-20-8-9-24(15)16/h3-5,8-9,13-14,17,21H,6-7,10-12H2,1-2H3/t17-/m1/s1. The highest BCUT2D eigenvalue weighted by Crippen LogP contribution is 2.30. The van der Waals surface area contributed by atoms with Gasteiger partial charge in [0.1, 0.15) is 5.65 Å². The Hall–Kier alpha value is -2.25. The molecule has 1 N–H and O–H groups in total. The van der Waals surface area contributed by atoms with Crippen LogP contribution in [-0.2, 0) is 11.3 Å². The Morgan fingerprint density at radius 3 is 2.88 bits per heavy atom. The van der Waals surface area contributed by atoms with Crippen LogP contribution in [0.5, 0.6) is 0 Å². The molecule has 1 saturated heterocycles. The molecule has 0 spiro atoms. The van der Waals surface area contributed by atoms with Crippen molar-refractivity contribution in [3.63, 3.8) is 0 Å². The molecule has 1 aliphatic heterocycles. The minimum absolute atomic E-state index is 0.0256. The van der Waals surface area contributed by atoms with Crippen molar-refractivity contribution in [1.82, 2.24) is 24.8 Å². The molecule has 7 heteroatoms. The first-order chi connectivity index (χ1) is 12.7. The van der Waals surface area contributed by atoms with E-state index >= 15 is 0 Å². The zero-order valence-electron chi connectivity index (χ0n) is 15.3. The van der Waals surface area contributed by atoms with Crippen molar-refractivity contribution in [3.8, 4) is 0 Å². The third-order valence-electron chi connectivity index (χ3n) is 4.99. The molecule has 0 aromatic carbocycles. The second kappa shape index (κ2) is 7.55. The summed E-state index contributed by atoms with van der Waals surface area (Å²) in [6, 6.07) is 6.17. The summed E-state index contributed by atoms with van der Waals surface area (Å²) in [4.78, 5) is 9.00. The lowest BCUT2D eigenvalue weighted by atomic mass is 9.91. The van der Waals surface area contributed by atoms with Crippen LogP contribution in [0.4, 0.5) is 0 Å². The maximum absolute atomic E-state index is 5.62. The molecular weight excluding hydrogens is 330 g/mol. The fourth-order valence-electron chi connectivity index (χ4n) is 3.48. The van der Waals surface area contributed by atoms with Crippen molar-refractivity contribution in [1.29, 1.82) is 0 Å². The summed E-state index contributed by atoms with van der Waals surface area (Å²) in [6.07, 6.45) is 5.79. The summed E-state index contributed by atoms with van der Waals surface area (Å²) in [7, 11) is 0. The van der Waals surface area contributed by atoms with E-state index in [2.05, 4.69) is 44.8 Å². The van der Waals surface area contributed by atoms with Gasteiger partial charge < -0.3 is 13.7 Å². The van der Waals surface area contributed by atoms with Crippen LogP contribution in [0.2, 0.25) is 0 Å². The molecule has 1 aliphatic rings. The summed E-state index contributed by atoms with van der Waals surface area (Å²) in [6.45, 7) is 6.42. The zero-order chi connectivity index (χ0) is 17.9. The number of hydrogen-bond acceptors (Lipinski definition) is 6. The normalized spacial score (nSPS) is 17.2. The Morgan fingerprint density at radius 1 is 1.27 bits per heavy atom. The smallest absolute Gasteiger partial charge is 0.244 e. The lowest BCUT2D eigenvalue weighted by Crippen LogP contribution is -2.32. The molecule has 138 valence electrons. The fourth-order valence-corrected chi connectivity index (χ4v) is 3.48. The van der Waals surface area contributed by atoms with E-state index in [0.29, 0.717) is 18.4 Å². The first-order valence-electron chi connectivity index (χ1n) is 9.28. The molecule has 0 saturated carbocycles. The maximum atomic E-state index is 5.62. The van der Waals surface area contributed by atoms with Gasteiger partial charge in [-0.25, -0.2) is 4.98 Å². The number of fused-ring (bicyclic) bond motifs is 1. The molecule has 3 aromatic heterocycles. The van der Waals surface area contributed by atoms with Crippen LogP contribution < -0.4 is 5.32 Å². The number of imidazole rings is 1. The van der Waals surface area contributed by atoms with Crippen molar-refractivity contribution in [2.24, 2.45) is 5.92 Å². The molecule has 3 aromatic rings. The molecule has 0 radical (unpaired) electrons. The third kappa shape index (κ3) is 3.50. The van der Waals surface area contributed by atoms with E-state index in [9.17, 15) is 0 Å². The predicted molar refractivity (Wildman–Crippen MR) is 96.7 cm³/mol. The van der Waals surface area contributed by atoms with Gasteiger partial charge in [-0.3, -0.25) is 5.32 Å². The minimum Gasteiger partial charge on any atom is -0.381 e. The van der Waals surface area contributed by atoms with E-state index < -0.39 is 0 Å². The quantitative estimate of drug-likeness (QED) is 0.732. The van der Waals surface area contributed by atoms with Crippen molar-refractivity contribution >= 4 is 5.65 Å². The number of rotatable bonds is 6. The first kappa shape index (κ1) is 17.2. The molecule has 0 amide bonds. The number of pyridine rings is 1. The Morgan fingerprint density at radius 2 is 2.12 bits per heavy atom. The van der Waals surface area contributed by atoms with Crippen LogP contribution in [0, 0.1) is 5.92 Å². The molecule has 0 bridgehead atoms. The summed E-state index contributed by atoms with van der Waals surface area (Å²) in [5.41, 5.74) is 2.10. The van der Waals surface area contributed by atoms with Gasteiger partial charge in [-0.05, 0) is 30.9 Å². The van der Waals surface area contributed by atoms with E-state index in [1.54, 1.807) is 0 Å². The maximum Gasteiger partial charge on any atom is 0.244 e. The fraction of sp³-hybridized carbons (Fsp3) is 0.526. The SMILES string of the molecule is CC(C)c1noc([C@H](NCc2cccc3nccn23)C2CCOCC2)n1. The average Bonchev–Trinajstić information content (AvgIpc) is 3.33. The molecule has 7 nitrogen and oxygen atoms in total. The number of aromatic nitrogens is 4. The molecule has 1 atom stereocenters. The first-order valence-corrected chi connectivity index (χ1v) is 9.28. The summed E-state index contributed by atoms with van der Waals surface area (Å²) >= 11 is 0. The van der Waals surface area contributed by atoms with Crippen molar-refractivity contribution in [3.05, 3.63) is 48.0 Å². The topological polar surface area (TPSA) is 77.5 Å². The van der Waals surface area contributed by atoms with Crippen molar-refractivity contribution in [2.45, 2.75) is 45.2 Å². The Kier molecular flexibility index (Phi) is 4.99. The lowest BCUT2D eigenvalue weighted by molar-refractivity contribution is 0.0485. The molecule has 0 aliphatic carbocycles. The van der Waals surface area contributed by atoms with E-state index in [4.69, 9.17) is 9.26 Å². The van der Waals surface area contributed by atoms with E-state index in [1.165, 1.54) is 0 Å². The number of hydrogen-bond donors (Lipinski definition) is 1. The van der Waals surface area contributed by atoms with Crippen LogP contribution in [0.1, 0.15) is 56.1 Å². The number of nitrogens with one attached hydrogen (secondary N) is 1. The Balaban J connectivity index is 1.57. The summed E-state index contributed by atoms with van der Waals surface area (Å²) in [5, 5.41) is 7.81. The second-order valence-corrected chi connectivity index (χ2v) is 7.13. The van der Waals surface area contributed by atoms with Gasteiger partial charge in [0.05, 0.1) is 6.04 Å². The van der Waals surface area contributed by atoms with Gasteiger partial charge in [0.2, 0.25) is 5.89 Å². The van der Waals surface area contributed by atoms with Crippen LogP contribution in [-0.4, -0.2) is 32.7 Å². The van der Waals surface area contributed by atoms with Gasteiger partial charge in [0.25, 0.3) is 0 Å². The number of nitrogens with zero attached hydrogens (tertiary/aromatic N) is 4. The highest BCUT2D eigenvalue weighted by molar-refractivity contribution is 5.39. The predicted octanol–water partition coefficient (Wildman–Crippen LogP) is 3.10. The average molecular weight is 355 g/mol. The van der Waals surface area contributed by atoms with Crippen molar-refractivity contribution < 1.29 is 9.26 Å². The van der Waals surface area contributed by atoms with Crippen LogP contribution in [0.25, 0.3) is 5.65 Å². The highest BCUT2D eigenvalue weighted by atomic mass is 16.5. The van der Waals surface area contributed by atoms with Crippen LogP contribution in [0.3, 0.4) is 0 Å². The minimum atomic E-state index is 0.0256. The van der Waals surface area contributed by atoms with Gasteiger partial charge in [0.15, 0.2) is 5.82 Å². The molecule has 0 unspecified atom stereocenters. The largest absolute Gasteiger partial charge is 0.381 e. The molecular formula is C19H25N5O2. The Bertz CT molecular complexity index is 850. The van der Waals surface area contributed by atoms with Gasteiger partial charge in [0, 0.05) is 43.8 Å². The van der Waals surface area contributed by atoms with Gasteiger partial charge in [-0.15, -0.1) is 0 Å². The Labute approximate surface area is 152 Å². The van der Waals surface area contributed by atoms with Gasteiger partial charge >= 0.3 is 0 Å². The van der Waals surface area contributed by atoms with E-state index in [1.807, 2.05) is 24.5 Å². The summed E-state index contributed by atoms with van der Waals surface area (Å²) in [5.74, 6) is 2.11. The zero-order valence-corrected chi connectivity index (χ0v) is 15.3. The molecule has 4 heterocycles. The lowest BCUT2D eigenvalue weighted by Gasteiger charge is -2.28. The highest BCUT2D eigenvalue weighted by Gasteiger charge is 2.30. The molecule has 26 heavy (non-hydrogen) atoms. The van der Waals surface area contributed by atoms with Crippen LogP contribution >= 0.6 is 0 Å².